The Morgan fingerprint density at radius 3 is 2.78 bits per heavy atom. The van der Waals surface area contributed by atoms with Crippen molar-refractivity contribution >= 4 is 0 Å². The molecule has 3 rings (SSSR count). The summed E-state index contributed by atoms with van der Waals surface area (Å²) in [4.78, 5) is 2.39. The Kier molecular flexibility index (Phi) is 0.552. The van der Waals surface area contributed by atoms with Crippen LogP contribution >= 0.6 is 0 Å². The first-order valence-corrected chi connectivity index (χ1v) is 3.72. The number of nitrogens with zero attached hydrogens (tertiary/aromatic N) is 1. The molecule has 2 aliphatic heterocycles. The van der Waals surface area contributed by atoms with Crippen molar-refractivity contribution in [2.24, 2.45) is 0 Å². The highest BCUT2D eigenvalue weighted by Crippen LogP contribution is 2.65. The second-order valence-corrected chi connectivity index (χ2v) is 3.46. The van der Waals surface area contributed by atoms with Gasteiger partial charge >= 0.3 is 0 Å². The summed E-state index contributed by atoms with van der Waals surface area (Å²) in [6.07, 6.45) is 2.62. The molecule has 2 unspecified atom stereocenters. The van der Waals surface area contributed by atoms with Crippen LogP contribution in [-0.2, 0) is 4.74 Å². The smallest absolute Gasteiger partial charge is 0.102 e. The first-order chi connectivity index (χ1) is 4.36. The van der Waals surface area contributed by atoms with Gasteiger partial charge in [-0.3, -0.25) is 4.90 Å². The number of ether oxygens (including phenoxy) is 1. The van der Waals surface area contributed by atoms with E-state index < -0.39 is 0 Å². The normalized spacial score (nSPS) is 68.3. The highest BCUT2D eigenvalue weighted by atomic mass is 16.5. The molecule has 1 saturated carbocycles. The van der Waals surface area contributed by atoms with Crippen molar-refractivity contribution < 1.29 is 4.74 Å². The van der Waals surface area contributed by atoms with Crippen molar-refractivity contribution in [3.8, 4) is 0 Å². The van der Waals surface area contributed by atoms with Gasteiger partial charge in [-0.25, -0.2) is 0 Å². The average Bonchev–Trinajstić information content (AvgIpc) is 2.57. The minimum Gasteiger partial charge on any atom is -0.372 e. The molecule has 2 atom stereocenters. The predicted molar refractivity (Wildman–Crippen MR) is 33.3 cm³/mol. The molecule has 0 aromatic heterocycles. The van der Waals surface area contributed by atoms with E-state index in [2.05, 4.69) is 11.9 Å². The van der Waals surface area contributed by atoms with Gasteiger partial charge in [0, 0.05) is 6.61 Å². The quantitative estimate of drug-likeness (QED) is 0.430. The van der Waals surface area contributed by atoms with E-state index in [4.69, 9.17) is 4.74 Å². The molecule has 0 aromatic rings. The van der Waals surface area contributed by atoms with Crippen LogP contribution in [0.5, 0.6) is 0 Å². The van der Waals surface area contributed by atoms with Crippen LogP contribution < -0.4 is 0 Å². The summed E-state index contributed by atoms with van der Waals surface area (Å²) in [7, 11) is 2.18. The Morgan fingerprint density at radius 1 is 1.56 bits per heavy atom. The van der Waals surface area contributed by atoms with Gasteiger partial charge in [0.15, 0.2) is 0 Å². The summed E-state index contributed by atoms with van der Waals surface area (Å²) in [6, 6.07) is 1.67. The van der Waals surface area contributed by atoms with Crippen molar-refractivity contribution in [2.75, 3.05) is 13.7 Å². The number of fused-ring (bicyclic) bond motifs is 3. The maximum atomic E-state index is 5.64. The minimum absolute atomic E-state index is 0.398. The van der Waals surface area contributed by atoms with Gasteiger partial charge in [-0.05, 0) is 19.9 Å². The van der Waals surface area contributed by atoms with Gasteiger partial charge in [-0.1, -0.05) is 0 Å². The second-order valence-electron chi connectivity index (χ2n) is 3.46. The molecule has 2 heterocycles. The maximum Gasteiger partial charge on any atom is 0.102 e. The van der Waals surface area contributed by atoms with Crippen LogP contribution in [0.2, 0.25) is 0 Å². The number of hydrogen-bond acceptors (Lipinski definition) is 2. The Bertz CT molecular complexity index is 150. The van der Waals surface area contributed by atoms with E-state index in [1.165, 1.54) is 12.8 Å². The molecule has 1 aliphatic carbocycles. The van der Waals surface area contributed by atoms with Crippen LogP contribution in [0.3, 0.4) is 0 Å². The Labute approximate surface area is 54.8 Å². The number of likely N-dealkylation sites (N-methyl/N-ethyl adjacent to an activating group) is 1. The molecule has 9 heavy (non-hydrogen) atoms. The first kappa shape index (κ1) is 4.69. The van der Waals surface area contributed by atoms with E-state index >= 15 is 0 Å². The van der Waals surface area contributed by atoms with Crippen molar-refractivity contribution in [2.45, 2.75) is 30.5 Å². The van der Waals surface area contributed by atoms with Gasteiger partial charge in [0.05, 0.1) is 12.1 Å². The summed E-state index contributed by atoms with van der Waals surface area (Å²) < 4.78 is 5.64. The van der Waals surface area contributed by atoms with Crippen LogP contribution in [0.25, 0.3) is 0 Å². The lowest BCUT2D eigenvalue weighted by molar-refractivity contribution is 0.0236. The minimum atomic E-state index is 0.398. The van der Waals surface area contributed by atoms with E-state index in [1.54, 1.807) is 0 Å². The third-order valence-electron chi connectivity index (χ3n) is 3.06. The fraction of sp³-hybridized carbons (Fsp3) is 1.00. The summed E-state index contributed by atoms with van der Waals surface area (Å²) in [6.45, 7) is 1.01. The highest BCUT2D eigenvalue weighted by molar-refractivity contribution is 5.39. The Morgan fingerprint density at radius 2 is 2.33 bits per heavy atom. The molecule has 3 fully saturated rings. The lowest BCUT2D eigenvalue weighted by Gasteiger charge is -2.19. The van der Waals surface area contributed by atoms with Crippen LogP contribution in [0.4, 0.5) is 0 Å². The molecule has 0 amide bonds. The van der Waals surface area contributed by atoms with Gasteiger partial charge in [-0.2, -0.15) is 0 Å². The third-order valence-corrected chi connectivity index (χ3v) is 3.06. The molecule has 0 bridgehead atoms. The zero-order valence-corrected chi connectivity index (χ0v) is 5.63. The van der Waals surface area contributed by atoms with Crippen molar-refractivity contribution in [3.05, 3.63) is 0 Å². The zero-order chi connectivity index (χ0) is 6.06. The molecule has 2 nitrogen and oxygen atoms in total. The molecular weight excluding hydrogens is 114 g/mol. The zero-order valence-electron chi connectivity index (χ0n) is 5.63. The summed E-state index contributed by atoms with van der Waals surface area (Å²) >= 11 is 0. The lowest BCUT2D eigenvalue weighted by atomic mass is 10.1. The SMILES string of the molecule is CN1C2C1C21CCCO1. The van der Waals surface area contributed by atoms with E-state index in [0.29, 0.717) is 5.60 Å². The predicted octanol–water partition coefficient (Wildman–Crippen LogP) is 0.232. The van der Waals surface area contributed by atoms with Crippen molar-refractivity contribution in [1.82, 2.24) is 4.90 Å². The van der Waals surface area contributed by atoms with Crippen LogP contribution in [0, 0.1) is 0 Å². The van der Waals surface area contributed by atoms with Gasteiger partial charge in [0.2, 0.25) is 0 Å². The number of rotatable bonds is 0. The van der Waals surface area contributed by atoms with Crippen LogP contribution in [0.15, 0.2) is 0 Å². The summed E-state index contributed by atoms with van der Waals surface area (Å²) in [5.41, 5.74) is 0.398. The molecule has 0 N–H and O–H groups in total. The van der Waals surface area contributed by atoms with Crippen LogP contribution in [0.1, 0.15) is 12.8 Å². The fourth-order valence-electron chi connectivity index (χ4n) is 2.47. The fourth-order valence-corrected chi connectivity index (χ4v) is 2.47. The number of likely N-dealkylation sites (tertiary alicyclic amines) is 1. The Hall–Kier alpha value is -0.0800. The van der Waals surface area contributed by atoms with Gasteiger partial charge in [0.25, 0.3) is 0 Å². The topological polar surface area (TPSA) is 12.2 Å². The molecule has 0 aromatic carbocycles. The molecule has 2 heteroatoms. The summed E-state index contributed by atoms with van der Waals surface area (Å²) in [5.74, 6) is 0. The lowest BCUT2D eigenvalue weighted by Crippen LogP contribution is -2.31. The van der Waals surface area contributed by atoms with Gasteiger partial charge < -0.3 is 4.74 Å². The van der Waals surface area contributed by atoms with Gasteiger partial charge in [-0.15, -0.1) is 0 Å². The van der Waals surface area contributed by atoms with E-state index in [0.717, 1.165) is 18.7 Å². The van der Waals surface area contributed by atoms with E-state index in [-0.39, 0.29) is 0 Å². The Balaban J connectivity index is 1.82. The maximum absolute atomic E-state index is 5.64. The largest absolute Gasteiger partial charge is 0.372 e. The molecule has 50 valence electrons. The third kappa shape index (κ3) is 0.332. The van der Waals surface area contributed by atoms with E-state index in [1.807, 2.05) is 0 Å². The molecule has 0 radical (unpaired) electrons. The van der Waals surface area contributed by atoms with Crippen molar-refractivity contribution in [3.63, 3.8) is 0 Å². The molecule has 3 aliphatic rings. The first-order valence-electron chi connectivity index (χ1n) is 3.72. The van der Waals surface area contributed by atoms with Crippen LogP contribution in [-0.4, -0.2) is 36.2 Å². The highest BCUT2D eigenvalue weighted by Gasteiger charge is 2.83. The molecule has 2 saturated heterocycles. The standard InChI is InChI=1S/C7H11NO/c1-8-5-6(8)7(5)3-2-4-9-7/h5-6H,2-4H2,1H3. The van der Waals surface area contributed by atoms with E-state index in [9.17, 15) is 0 Å². The van der Waals surface area contributed by atoms with Gasteiger partial charge in [0.1, 0.15) is 5.60 Å². The summed E-state index contributed by atoms with van der Waals surface area (Å²) in [5, 5.41) is 0. The molecule has 1 spiro atoms. The number of hydrogen-bond donors (Lipinski definition) is 0. The molecular formula is C7H11NO. The second kappa shape index (κ2) is 1.06. The average molecular weight is 125 g/mol. The monoisotopic (exact) mass is 125 g/mol. The van der Waals surface area contributed by atoms with Crippen molar-refractivity contribution in [1.29, 1.82) is 0 Å².